The summed E-state index contributed by atoms with van der Waals surface area (Å²) >= 11 is 0. The van der Waals surface area contributed by atoms with Gasteiger partial charge in [-0.05, 0) is 81.5 Å². The van der Waals surface area contributed by atoms with E-state index in [0.717, 1.165) is 24.3 Å². The monoisotopic (exact) mass is 324 g/mol. The number of nitrogens with one attached hydrogen (secondary N) is 1. The lowest BCUT2D eigenvalue weighted by Gasteiger charge is -2.41. The first-order chi connectivity index (χ1) is 11.7. The third-order valence-corrected chi connectivity index (χ3v) is 7.68. The Labute approximate surface area is 147 Å². The van der Waals surface area contributed by atoms with Crippen molar-refractivity contribution >= 4 is 5.69 Å². The first-order valence-electron chi connectivity index (χ1n) is 10.3. The van der Waals surface area contributed by atoms with Gasteiger partial charge < -0.3 is 10.2 Å². The molecule has 1 spiro atoms. The molecule has 4 aliphatic rings. The van der Waals surface area contributed by atoms with E-state index in [1.165, 1.54) is 69.4 Å². The van der Waals surface area contributed by atoms with Gasteiger partial charge in [-0.25, -0.2) is 0 Å². The maximum Gasteiger partial charge on any atom is 0.0379 e. The average molecular weight is 325 g/mol. The normalized spacial score (nSPS) is 34.3. The van der Waals surface area contributed by atoms with Crippen molar-refractivity contribution in [3.8, 4) is 0 Å². The van der Waals surface area contributed by atoms with Gasteiger partial charge in [0.2, 0.25) is 0 Å². The second kappa shape index (κ2) is 5.76. The third kappa shape index (κ3) is 2.58. The Balaban J connectivity index is 1.23. The lowest BCUT2D eigenvalue weighted by molar-refractivity contribution is 0.122. The topological polar surface area (TPSA) is 15.3 Å². The van der Waals surface area contributed by atoms with Crippen LogP contribution in [0.4, 0.5) is 5.69 Å². The molecule has 2 atom stereocenters. The van der Waals surface area contributed by atoms with Crippen LogP contribution in [0.15, 0.2) is 18.2 Å². The van der Waals surface area contributed by atoms with Crippen molar-refractivity contribution in [2.75, 3.05) is 31.5 Å². The Morgan fingerprint density at radius 1 is 1.08 bits per heavy atom. The van der Waals surface area contributed by atoms with Crippen LogP contribution in [-0.2, 0) is 5.41 Å². The highest BCUT2D eigenvalue weighted by Gasteiger charge is 2.42. The van der Waals surface area contributed by atoms with Crippen molar-refractivity contribution in [1.82, 2.24) is 4.90 Å². The van der Waals surface area contributed by atoms with E-state index in [0.29, 0.717) is 5.41 Å². The van der Waals surface area contributed by atoms with Crippen LogP contribution in [0.5, 0.6) is 0 Å². The average Bonchev–Trinajstić information content (AvgIpc) is 3.11. The molecule has 2 heteroatoms. The van der Waals surface area contributed by atoms with Crippen molar-refractivity contribution in [2.24, 2.45) is 17.8 Å². The van der Waals surface area contributed by atoms with Crippen molar-refractivity contribution in [2.45, 2.75) is 57.3 Å². The molecule has 1 saturated heterocycles. The highest BCUT2D eigenvalue weighted by Crippen LogP contribution is 2.47. The summed E-state index contributed by atoms with van der Waals surface area (Å²) in [7, 11) is 0. The number of rotatable bonds is 2. The second-order valence-electron chi connectivity index (χ2n) is 9.37. The van der Waals surface area contributed by atoms with Gasteiger partial charge >= 0.3 is 0 Å². The molecule has 2 saturated carbocycles. The van der Waals surface area contributed by atoms with E-state index >= 15 is 0 Å². The molecule has 2 heterocycles. The number of hydrogen-bond acceptors (Lipinski definition) is 2. The molecule has 1 N–H and O–H groups in total. The maximum absolute atomic E-state index is 3.69. The van der Waals surface area contributed by atoms with Gasteiger partial charge in [0.05, 0.1) is 0 Å². The van der Waals surface area contributed by atoms with Crippen LogP contribution >= 0.6 is 0 Å². The van der Waals surface area contributed by atoms with E-state index in [9.17, 15) is 0 Å². The zero-order valence-corrected chi connectivity index (χ0v) is 15.2. The van der Waals surface area contributed by atoms with E-state index in [4.69, 9.17) is 0 Å². The maximum atomic E-state index is 3.69. The molecule has 0 amide bonds. The van der Waals surface area contributed by atoms with Gasteiger partial charge in [0.25, 0.3) is 0 Å². The summed E-state index contributed by atoms with van der Waals surface area (Å²) < 4.78 is 0. The number of hydrogen-bond donors (Lipinski definition) is 1. The number of anilines is 1. The fraction of sp³-hybridized carbons (Fsp3) is 0.727. The standard InChI is InChI=1S/C22H32N2/c1-16-2-5-21-20(10-16)22(15-23-21)6-8-24(9-7-22)14-19-12-17-3-4-18(11-17)13-19/h2,5,10,17-19,23H,3-4,6-9,11-15H2,1H3. The summed E-state index contributed by atoms with van der Waals surface area (Å²) in [5.74, 6) is 3.17. The van der Waals surface area contributed by atoms with Gasteiger partial charge in [0.15, 0.2) is 0 Å². The molecule has 3 fully saturated rings. The second-order valence-corrected chi connectivity index (χ2v) is 9.37. The van der Waals surface area contributed by atoms with E-state index in [1.54, 1.807) is 12.0 Å². The summed E-state index contributed by atoms with van der Waals surface area (Å²) in [6.45, 7) is 7.39. The summed E-state index contributed by atoms with van der Waals surface area (Å²) in [6.07, 6.45) is 10.4. The lowest BCUT2D eigenvalue weighted by atomic mass is 9.73. The molecule has 2 aliphatic heterocycles. The van der Waals surface area contributed by atoms with E-state index in [-0.39, 0.29) is 0 Å². The van der Waals surface area contributed by atoms with Crippen molar-refractivity contribution in [3.05, 3.63) is 29.3 Å². The van der Waals surface area contributed by atoms with Crippen LogP contribution in [0.1, 0.15) is 56.1 Å². The van der Waals surface area contributed by atoms with Crippen LogP contribution in [-0.4, -0.2) is 31.1 Å². The Kier molecular flexibility index (Phi) is 3.66. The van der Waals surface area contributed by atoms with Gasteiger partial charge in [-0.3, -0.25) is 0 Å². The molecule has 24 heavy (non-hydrogen) atoms. The fourth-order valence-corrected chi connectivity index (χ4v) is 6.38. The summed E-state index contributed by atoms with van der Waals surface area (Å²) in [5.41, 5.74) is 4.84. The Morgan fingerprint density at radius 3 is 2.58 bits per heavy atom. The summed E-state index contributed by atoms with van der Waals surface area (Å²) in [5, 5.41) is 3.69. The molecule has 0 aromatic heterocycles. The molecule has 2 aliphatic carbocycles. The minimum atomic E-state index is 0.420. The van der Waals surface area contributed by atoms with Gasteiger partial charge in [-0.1, -0.05) is 30.5 Å². The number of likely N-dealkylation sites (tertiary alicyclic amines) is 1. The van der Waals surface area contributed by atoms with Crippen LogP contribution in [0.2, 0.25) is 0 Å². The van der Waals surface area contributed by atoms with Crippen molar-refractivity contribution in [3.63, 3.8) is 0 Å². The zero-order valence-electron chi connectivity index (χ0n) is 15.2. The minimum absolute atomic E-state index is 0.420. The Bertz CT molecular complexity index is 602. The Morgan fingerprint density at radius 2 is 1.83 bits per heavy atom. The molecule has 0 radical (unpaired) electrons. The fourth-order valence-electron chi connectivity index (χ4n) is 6.38. The summed E-state index contributed by atoms with van der Waals surface area (Å²) in [4.78, 5) is 2.80. The van der Waals surface area contributed by atoms with Gasteiger partial charge in [-0.15, -0.1) is 0 Å². The zero-order chi connectivity index (χ0) is 16.1. The lowest BCUT2D eigenvalue weighted by Crippen LogP contribution is -2.45. The molecular weight excluding hydrogens is 292 g/mol. The van der Waals surface area contributed by atoms with Gasteiger partial charge in [0.1, 0.15) is 0 Å². The first-order valence-corrected chi connectivity index (χ1v) is 10.3. The number of nitrogens with zero attached hydrogens (tertiary/aromatic N) is 1. The largest absolute Gasteiger partial charge is 0.384 e. The minimum Gasteiger partial charge on any atom is -0.384 e. The number of aryl methyl sites for hydroxylation is 1. The number of fused-ring (bicyclic) bond motifs is 4. The van der Waals surface area contributed by atoms with E-state index in [2.05, 4.69) is 35.3 Å². The quantitative estimate of drug-likeness (QED) is 0.856. The number of benzene rings is 1. The van der Waals surface area contributed by atoms with E-state index < -0.39 is 0 Å². The molecule has 130 valence electrons. The SMILES string of the molecule is Cc1ccc2c(c1)C1(CCN(CC3CC4CCC(C4)C3)CC1)CN2. The molecule has 2 nitrogen and oxygen atoms in total. The van der Waals surface area contributed by atoms with Crippen LogP contribution < -0.4 is 5.32 Å². The highest BCUT2D eigenvalue weighted by atomic mass is 15.1. The predicted molar refractivity (Wildman–Crippen MR) is 101 cm³/mol. The van der Waals surface area contributed by atoms with Crippen LogP contribution in [0, 0.1) is 24.7 Å². The molecule has 2 bridgehead atoms. The van der Waals surface area contributed by atoms with E-state index in [1.807, 2.05) is 0 Å². The molecule has 2 unspecified atom stereocenters. The highest BCUT2D eigenvalue weighted by molar-refractivity contribution is 5.61. The molecule has 1 aromatic rings. The first kappa shape index (κ1) is 15.3. The van der Waals surface area contributed by atoms with Crippen LogP contribution in [0.25, 0.3) is 0 Å². The Hall–Kier alpha value is -1.02. The number of piperidine rings is 1. The van der Waals surface area contributed by atoms with Crippen molar-refractivity contribution in [1.29, 1.82) is 0 Å². The molecular formula is C22H32N2. The predicted octanol–water partition coefficient (Wildman–Crippen LogP) is 4.58. The van der Waals surface area contributed by atoms with Gasteiger partial charge in [0, 0.05) is 24.2 Å². The van der Waals surface area contributed by atoms with Crippen LogP contribution in [0.3, 0.4) is 0 Å². The van der Waals surface area contributed by atoms with Crippen molar-refractivity contribution < 1.29 is 0 Å². The molecule has 5 rings (SSSR count). The smallest absolute Gasteiger partial charge is 0.0379 e. The third-order valence-electron chi connectivity index (χ3n) is 7.68. The molecule has 1 aromatic carbocycles. The van der Waals surface area contributed by atoms with Gasteiger partial charge in [-0.2, -0.15) is 0 Å². The summed E-state index contributed by atoms with van der Waals surface area (Å²) in [6, 6.07) is 6.99.